The van der Waals surface area contributed by atoms with Gasteiger partial charge in [0.25, 0.3) is 5.91 Å². The fraction of sp³-hybridized carbons (Fsp3) is 0.667. The first-order valence-corrected chi connectivity index (χ1v) is 8.84. The molecule has 1 aromatic rings. The first kappa shape index (κ1) is 17.0. The highest BCUT2D eigenvalue weighted by atomic mass is 16.3. The highest BCUT2D eigenvalue weighted by molar-refractivity contribution is 5.93. The number of rotatable bonds is 3. The minimum atomic E-state index is 0.00778. The van der Waals surface area contributed by atoms with Crippen LogP contribution in [0.2, 0.25) is 0 Å². The number of piperazine rings is 1. The summed E-state index contributed by atoms with van der Waals surface area (Å²) in [4.78, 5) is 30.8. The SMILES string of the molecule is CC1CC(C)CN(C(=O)CN2CCN(C(=O)c3ccoc3)CC2)C1. The molecule has 6 heteroatoms. The Morgan fingerprint density at radius 1 is 1.08 bits per heavy atom. The molecule has 24 heavy (non-hydrogen) atoms. The van der Waals surface area contributed by atoms with Gasteiger partial charge in [-0.05, 0) is 24.3 Å². The highest BCUT2D eigenvalue weighted by Gasteiger charge is 2.28. The first-order valence-electron chi connectivity index (χ1n) is 8.84. The van der Waals surface area contributed by atoms with Crippen LogP contribution >= 0.6 is 0 Å². The quantitative estimate of drug-likeness (QED) is 0.842. The van der Waals surface area contributed by atoms with E-state index in [0.29, 0.717) is 37.0 Å². The van der Waals surface area contributed by atoms with Crippen molar-refractivity contribution in [3.63, 3.8) is 0 Å². The summed E-state index contributed by atoms with van der Waals surface area (Å²) in [6.07, 6.45) is 4.21. The van der Waals surface area contributed by atoms with Gasteiger partial charge in [0, 0.05) is 39.3 Å². The van der Waals surface area contributed by atoms with Crippen molar-refractivity contribution in [1.82, 2.24) is 14.7 Å². The Labute approximate surface area is 143 Å². The van der Waals surface area contributed by atoms with Crippen molar-refractivity contribution in [2.75, 3.05) is 45.8 Å². The van der Waals surface area contributed by atoms with Gasteiger partial charge < -0.3 is 14.2 Å². The number of nitrogens with zero attached hydrogens (tertiary/aromatic N) is 3. The summed E-state index contributed by atoms with van der Waals surface area (Å²) in [5, 5.41) is 0. The van der Waals surface area contributed by atoms with E-state index in [-0.39, 0.29) is 11.8 Å². The summed E-state index contributed by atoms with van der Waals surface area (Å²) >= 11 is 0. The predicted octanol–water partition coefficient (Wildman–Crippen LogP) is 1.54. The predicted molar refractivity (Wildman–Crippen MR) is 90.6 cm³/mol. The Morgan fingerprint density at radius 2 is 1.75 bits per heavy atom. The Morgan fingerprint density at radius 3 is 2.33 bits per heavy atom. The van der Waals surface area contributed by atoms with Gasteiger partial charge in [-0.3, -0.25) is 14.5 Å². The van der Waals surface area contributed by atoms with Crippen molar-refractivity contribution in [1.29, 1.82) is 0 Å². The lowest BCUT2D eigenvalue weighted by atomic mass is 9.92. The lowest BCUT2D eigenvalue weighted by Gasteiger charge is -2.38. The molecule has 6 nitrogen and oxygen atoms in total. The van der Waals surface area contributed by atoms with Crippen LogP contribution in [0.3, 0.4) is 0 Å². The van der Waals surface area contributed by atoms with Crippen LogP contribution in [0.4, 0.5) is 0 Å². The van der Waals surface area contributed by atoms with Crippen LogP contribution in [-0.4, -0.2) is 72.3 Å². The number of furan rings is 1. The van der Waals surface area contributed by atoms with Crippen molar-refractivity contribution >= 4 is 11.8 Å². The van der Waals surface area contributed by atoms with Crippen LogP contribution in [0.1, 0.15) is 30.6 Å². The van der Waals surface area contributed by atoms with E-state index in [2.05, 4.69) is 18.7 Å². The molecule has 0 aromatic carbocycles. The Bertz CT molecular complexity index is 554. The summed E-state index contributed by atoms with van der Waals surface area (Å²) in [7, 11) is 0. The zero-order valence-electron chi connectivity index (χ0n) is 14.6. The summed E-state index contributed by atoms with van der Waals surface area (Å²) in [6.45, 7) is 9.46. The van der Waals surface area contributed by atoms with E-state index in [1.54, 1.807) is 6.07 Å². The van der Waals surface area contributed by atoms with Gasteiger partial charge in [0.2, 0.25) is 5.91 Å². The Hall–Kier alpha value is -1.82. The molecule has 0 spiro atoms. The summed E-state index contributed by atoms with van der Waals surface area (Å²) in [5.74, 6) is 1.40. The average molecular weight is 333 g/mol. The van der Waals surface area contributed by atoms with Crippen molar-refractivity contribution in [3.05, 3.63) is 24.2 Å². The van der Waals surface area contributed by atoms with Gasteiger partial charge in [-0.15, -0.1) is 0 Å². The van der Waals surface area contributed by atoms with Gasteiger partial charge in [-0.2, -0.15) is 0 Å². The molecule has 2 amide bonds. The van der Waals surface area contributed by atoms with Gasteiger partial charge in [0.1, 0.15) is 6.26 Å². The summed E-state index contributed by atoms with van der Waals surface area (Å²) in [5.41, 5.74) is 0.593. The molecule has 2 saturated heterocycles. The molecule has 3 rings (SSSR count). The molecular weight excluding hydrogens is 306 g/mol. The Kier molecular flexibility index (Phi) is 5.23. The standard InChI is InChI=1S/C18H27N3O3/c1-14-9-15(2)11-21(10-14)17(22)12-19-4-6-20(7-5-19)18(23)16-3-8-24-13-16/h3,8,13-15H,4-7,9-12H2,1-2H3. The van der Waals surface area contributed by atoms with Crippen molar-refractivity contribution < 1.29 is 14.0 Å². The second kappa shape index (κ2) is 7.38. The molecule has 2 unspecified atom stereocenters. The molecule has 0 saturated carbocycles. The topological polar surface area (TPSA) is 57.0 Å². The van der Waals surface area contributed by atoms with Gasteiger partial charge in [-0.25, -0.2) is 0 Å². The van der Waals surface area contributed by atoms with Crippen LogP contribution in [0.15, 0.2) is 23.0 Å². The molecular formula is C18H27N3O3. The number of piperidine rings is 1. The number of hydrogen-bond acceptors (Lipinski definition) is 4. The van der Waals surface area contributed by atoms with Crippen LogP contribution in [0, 0.1) is 11.8 Å². The lowest BCUT2D eigenvalue weighted by Crippen LogP contribution is -2.53. The van der Waals surface area contributed by atoms with E-state index in [9.17, 15) is 9.59 Å². The smallest absolute Gasteiger partial charge is 0.257 e. The zero-order chi connectivity index (χ0) is 17.1. The first-order chi connectivity index (χ1) is 11.5. The third-order valence-electron chi connectivity index (χ3n) is 5.01. The molecule has 2 atom stereocenters. The third kappa shape index (κ3) is 3.98. The van der Waals surface area contributed by atoms with Crippen LogP contribution in [0.5, 0.6) is 0 Å². The van der Waals surface area contributed by atoms with Crippen LogP contribution < -0.4 is 0 Å². The molecule has 0 N–H and O–H groups in total. The number of hydrogen-bond donors (Lipinski definition) is 0. The molecule has 0 aliphatic carbocycles. The maximum atomic E-state index is 12.6. The monoisotopic (exact) mass is 333 g/mol. The van der Waals surface area contributed by atoms with E-state index in [0.717, 1.165) is 26.2 Å². The lowest BCUT2D eigenvalue weighted by molar-refractivity contribution is -0.135. The van der Waals surface area contributed by atoms with Crippen molar-refractivity contribution in [2.24, 2.45) is 11.8 Å². The van der Waals surface area contributed by atoms with Gasteiger partial charge >= 0.3 is 0 Å². The van der Waals surface area contributed by atoms with Crippen LogP contribution in [0.25, 0.3) is 0 Å². The molecule has 132 valence electrons. The van der Waals surface area contributed by atoms with Crippen LogP contribution in [-0.2, 0) is 4.79 Å². The fourth-order valence-corrected chi connectivity index (χ4v) is 3.84. The second-order valence-corrected chi connectivity index (χ2v) is 7.33. The molecule has 2 fully saturated rings. The van der Waals surface area contributed by atoms with E-state index in [1.165, 1.54) is 18.9 Å². The van der Waals surface area contributed by atoms with Gasteiger partial charge in [0.05, 0.1) is 18.4 Å². The van der Waals surface area contributed by atoms with Crippen molar-refractivity contribution in [2.45, 2.75) is 20.3 Å². The highest BCUT2D eigenvalue weighted by Crippen LogP contribution is 2.21. The van der Waals surface area contributed by atoms with E-state index in [1.807, 2.05) is 9.80 Å². The fourth-order valence-electron chi connectivity index (χ4n) is 3.84. The summed E-state index contributed by atoms with van der Waals surface area (Å²) < 4.78 is 4.98. The van der Waals surface area contributed by atoms with Gasteiger partial charge in [-0.1, -0.05) is 13.8 Å². The zero-order valence-corrected chi connectivity index (χ0v) is 14.6. The molecule has 0 bridgehead atoms. The van der Waals surface area contributed by atoms with E-state index in [4.69, 9.17) is 4.42 Å². The minimum Gasteiger partial charge on any atom is -0.472 e. The maximum absolute atomic E-state index is 12.6. The van der Waals surface area contributed by atoms with Gasteiger partial charge in [0.15, 0.2) is 0 Å². The average Bonchev–Trinajstić information content (AvgIpc) is 3.08. The largest absolute Gasteiger partial charge is 0.472 e. The normalized spacial score (nSPS) is 25.8. The van der Waals surface area contributed by atoms with Crippen molar-refractivity contribution in [3.8, 4) is 0 Å². The molecule has 1 aromatic heterocycles. The Balaban J connectivity index is 1.47. The minimum absolute atomic E-state index is 0.00778. The number of amides is 2. The summed E-state index contributed by atoms with van der Waals surface area (Å²) in [6, 6.07) is 1.69. The van der Waals surface area contributed by atoms with E-state index >= 15 is 0 Å². The third-order valence-corrected chi connectivity index (χ3v) is 5.01. The molecule has 2 aliphatic rings. The molecule has 2 aliphatic heterocycles. The molecule has 3 heterocycles. The number of likely N-dealkylation sites (tertiary alicyclic amines) is 1. The maximum Gasteiger partial charge on any atom is 0.257 e. The number of carbonyl (C=O) groups excluding carboxylic acids is 2. The second-order valence-electron chi connectivity index (χ2n) is 7.33. The number of carbonyl (C=O) groups is 2. The molecule has 0 radical (unpaired) electrons. The van der Waals surface area contributed by atoms with E-state index < -0.39 is 0 Å².